The van der Waals surface area contributed by atoms with Crippen LogP contribution in [0.5, 0.6) is 0 Å². The van der Waals surface area contributed by atoms with Crippen molar-refractivity contribution in [1.82, 2.24) is 10.3 Å². The van der Waals surface area contributed by atoms with Gasteiger partial charge in [-0.2, -0.15) is 0 Å². The molecule has 114 valence electrons. The molecule has 1 aromatic rings. The summed E-state index contributed by atoms with van der Waals surface area (Å²) in [7, 11) is 0. The molecule has 4 nitrogen and oxygen atoms in total. The summed E-state index contributed by atoms with van der Waals surface area (Å²) in [5, 5.41) is 3.09. The second-order valence-electron chi connectivity index (χ2n) is 6.56. The molecule has 2 bridgehead atoms. The second-order valence-corrected chi connectivity index (χ2v) is 6.56. The fraction of sp³-hybridized carbons (Fsp3) is 0.647. The van der Waals surface area contributed by atoms with E-state index in [1.165, 1.54) is 19.3 Å². The highest BCUT2D eigenvalue weighted by atomic mass is 16.1. The summed E-state index contributed by atoms with van der Waals surface area (Å²) in [6.07, 6.45) is 8.24. The van der Waals surface area contributed by atoms with Crippen LogP contribution in [-0.4, -0.2) is 23.5 Å². The van der Waals surface area contributed by atoms with Crippen LogP contribution in [0.25, 0.3) is 0 Å². The first-order valence-corrected chi connectivity index (χ1v) is 8.17. The van der Waals surface area contributed by atoms with Crippen LogP contribution in [0, 0.1) is 17.8 Å². The first-order chi connectivity index (χ1) is 10.2. The standard InChI is InChI=1S/C17H25N3O/c18-16-12-4-3-5-13(16)11-14(10-12)17(21)20-9-7-15-6-1-2-8-19-15/h1-2,6,8,12-14,16H,3-5,7,9-11,18H2,(H,20,21). The number of nitrogens with zero attached hydrogens (tertiary/aromatic N) is 1. The topological polar surface area (TPSA) is 68.0 Å². The lowest BCUT2D eigenvalue weighted by molar-refractivity contribution is -0.127. The molecule has 2 saturated carbocycles. The van der Waals surface area contributed by atoms with Crippen molar-refractivity contribution >= 4 is 5.91 Å². The first kappa shape index (κ1) is 14.5. The van der Waals surface area contributed by atoms with Gasteiger partial charge in [0.15, 0.2) is 0 Å². The number of pyridine rings is 1. The third kappa shape index (κ3) is 3.43. The fourth-order valence-electron chi connectivity index (χ4n) is 4.01. The van der Waals surface area contributed by atoms with Crippen LogP contribution in [0.15, 0.2) is 24.4 Å². The minimum atomic E-state index is 0.170. The highest BCUT2D eigenvalue weighted by Gasteiger charge is 2.40. The zero-order chi connectivity index (χ0) is 14.7. The smallest absolute Gasteiger partial charge is 0.223 e. The van der Waals surface area contributed by atoms with Crippen molar-refractivity contribution in [3.8, 4) is 0 Å². The van der Waals surface area contributed by atoms with Crippen molar-refractivity contribution in [3.05, 3.63) is 30.1 Å². The summed E-state index contributed by atoms with van der Waals surface area (Å²) in [5.74, 6) is 1.51. The van der Waals surface area contributed by atoms with Crippen LogP contribution in [0.1, 0.15) is 37.8 Å². The van der Waals surface area contributed by atoms with E-state index in [0.29, 0.717) is 24.4 Å². The average Bonchev–Trinajstić information content (AvgIpc) is 2.48. The molecular weight excluding hydrogens is 262 g/mol. The number of rotatable bonds is 4. The predicted octanol–water partition coefficient (Wildman–Crippen LogP) is 1.89. The second kappa shape index (κ2) is 6.56. The van der Waals surface area contributed by atoms with Crippen molar-refractivity contribution in [2.45, 2.75) is 44.6 Å². The van der Waals surface area contributed by atoms with Gasteiger partial charge < -0.3 is 11.1 Å². The normalized spacial score (nSPS) is 31.7. The number of fused-ring (bicyclic) bond motifs is 2. The maximum Gasteiger partial charge on any atom is 0.223 e. The third-order valence-corrected chi connectivity index (χ3v) is 5.19. The summed E-state index contributed by atoms with van der Waals surface area (Å²) >= 11 is 0. The van der Waals surface area contributed by atoms with Crippen molar-refractivity contribution in [2.75, 3.05) is 6.54 Å². The molecule has 0 spiro atoms. The van der Waals surface area contributed by atoms with E-state index in [9.17, 15) is 4.79 Å². The maximum absolute atomic E-state index is 12.4. The Labute approximate surface area is 126 Å². The SMILES string of the molecule is NC1C2CCCC1CC(C(=O)NCCc1ccccn1)C2. The summed E-state index contributed by atoms with van der Waals surface area (Å²) in [6.45, 7) is 0.674. The number of aromatic nitrogens is 1. The molecule has 0 saturated heterocycles. The van der Waals surface area contributed by atoms with E-state index >= 15 is 0 Å². The van der Waals surface area contributed by atoms with E-state index in [0.717, 1.165) is 25.0 Å². The molecule has 1 aromatic heterocycles. The van der Waals surface area contributed by atoms with Gasteiger partial charge in [-0.3, -0.25) is 9.78 Å². The molecular formula is C17H25N3O. The van der Waals surface area contributed by atoms with Gasteiger partial charge in [0.1, 0.15) is 0 Å². The van der Waals surface area contributed by atoms with Gasteiger partial charge in [-0.25, -0.2) is 0 Å². The number of carbonyl (C=O) groups is 1. The third-order valence-electron chi connectivity index (χ3n) is 5.19. The molecule has 0 radical (unpaired) electrons. The van der Waals surface area contributed by atoms with E-state index in [1.54, 1.807) is 6.20 Å². The molecule has 2 fully saturated rings. The average molecular weight is 287 g/mol. The number of nitrogens with one attached hydrogen (secondary N) is 1. The summed E-state index contributed by atoms with van der Waals surface area (Å²) < 4.78 is 0. The number of nitrogens with two attached hydrogens (primary N) is 1. The van der Waals surface area contributed by atoms with Crippen molar-refractivity contribution in [2.24, 2.45) is 23.5 Å². The van der Waals surface area contributed by atoms with Gasteiger partial charge in [-0.05, 0) is 49.7 Å². The molecule has 2 aliphatic carbocycles. The predicted molar refractivity (Wildman–Crippen MR) is 82.5 cm³/mol. The zero-order valence-electron chi connectivity index (χ0n) is 12.5. The van der Waals surface area contributed by atoms with Gasteiger partial charge in [0.05, 0.1) is 0 Å². The van der Waals surface area contributed by atoms with Crippen LogP contribution in [0.3, 0.4) is 0 Å². The van der Waals surface area contributed by atoms with E-state index in [2.05, 4.69) is 10.3 Å². The Morgan fingerprint density at radius 2 is 2.05 bits per heavy atom. The number of hydrogen-bond donors (Lipinski definition) is 2. The Bertz CT molecular complexity index is 462. The molecule has 2 aliphatic rings. The van der Waals surface area contributed by atoms with Gasteiger partial charge in [0.25, 0.3) is 0 Å². The molecule has 21 heavy (non-hydrogen) atoms. The van der Waals surface area contributed by atoms with Gasteiger partial charge >= 0.3 is 0 Å². The maximum atomic E-state index is 12.4. The van der Waals surface area contributed by atoms with E-state index in [4.69, 9.17) is 5.73 Å². The van der Waals surface area contributed by atoms with Crippen molar-refractivity contribution < 1.29 is 4.79 Å². The number of hydrogen-bond acceptors (Lipinski definition) is 3. The number of carbonyl (C=O) groups excluding carboxylic acids is 1. The van der Waals surface area contributed by atoms with Crippen LogP contribution >= 0.6 is 0 Å². The Morgan fingerprint density at radius 3 is 2.71 bits per heavy atom. The van der Waals surface area contributed by atoms with Crippen LogP contribution in [0.2, 0.25) is 0 Å². The first-order valence-electron chi connectivity index (χ1n) is 8.17. The van der Waals surface area contributed by atoms with E-state index < -0.39 is 0 Å². The Hall–Kier alpha value is -1.42. The van der Waals surface area contributed by atoms with Crippen LogP contribution in [-0.2, 0) is 11.2 Å². The Balaban J connectivity index is 1.47. The quantitative estimate of drug-likeness (QED) is 0.888. The summed E-state index contributed by atoms with van der Waals surface area (Å²) in [6, 6.07) is 6.21. The molecule has 1 heterocycles. The van der Waals surface area contributed by atoms with E-state index in [1.807, 2.05) is 18.2 Å². The molecule has 0 aliphatic heterocycles. The largest absolute Gasteiger partial charge is 0.355 e. The number of amides is 1. The molecule has 2 unspecified atom stereocenters. The van der Waals surface area contributed by atoms with Crippen molar-refractivity contribution in [1.29, 1.82) is 0 Å². The Kier molecular flexibility index (Phi) is 4.54. The summed E-state index contributed by atoms with van der Waals surface area (Å²) in [5.41, 5.74) is 7.31. The molecule has 3 N–H and O–H groups in total. The lowest BCUT2D eigenvalue weighted by Crippen LogP contribution is -2.49. The van der Waals surface area contributed by atoms with Crippen LogP contribution in [0.4, 0.5) is 0 Å². The lowest BCUT2D eigenvalue weighted by Gasteiger charge is -2.43. The molecule has 3 rings (SSSR count). The molecule has 1 amide bonds. The van der Waals surface area contributed by atoms with E-state index in [-0.39, 0.29) is 11.8 Å². The molecule has 0 aromatic carbocycles. The minimum absolute atomic E-state index is 0.170. The van der Waals surface area contributed by atoms with Gasteiger partial charge in [0, 0.05) is 36.8 Å². The van der Waals surface area contributed by atoms with Gasteiger partial charge in [-0.15, -0.1) is 0 Å². The minimum Gasteiger partial charge on any atom is -0.355 e. The monoisotopic (exact) mass is 287 g/mol. The van der Waals surface area contributed by atoms with Crippen molar-refractivity contribution in [3.63, 3.8) is 0 Å². The van der Waals surface area contributed by atoms with Crippen LogP contribution < -0.4 is 11.1 Å². The lowest BCUT2D eigenvalue weighted by atomic mass is 9.65. The van der Waals surface area contributed by atoms with Gasteiger partial charge in [-0.1, -0.05) is 12.5 Å². The fourth-order valence-corrected chi connectivity index (χ4v) is 4.01. The highest BCUT2D eigenvalue weighted by molar-refractivity contribution is 5.78. The Morgan fingerprint density at radius 1 is 1.29 bits per heavy atom. The molecule has 4 heteroatoms. The molecule has 2 atom stereocenters. The summed E-state index contributed by atoms with van der Waals surface area (Å²) in [4.78, 5) is 16.6. The highest BCUT2D eigenvalue weighted by Crippen LogP contribution is 2.41. The van der Waals surface area contributed by atoms with Gasteiger partial charge in [0.2, 0.25) is 5.91 Å². The zero-order valence-corrected chi connectivity index (χ0v) is 12.5.